The number of nitrogens with one attached hydrogen (secondary N) is 2. The fourth-order valence-corrected chi connectivity index (χ4v) is 2.41. The fourth-order valence-electron chi connectivity index (χ4n) is 2.41. The van der Waals surface area contributed by atoms with Crippen LogP contribution in [0.25, 0.3) is 0 Å². The molecular weight excluding hydrogens is 342 g/mol. The van der Waals surface area contributed by atoms with Crippen LogP contribution in [0.4, 0.5) is 20.2 Å². The molecule has 0 bridgehead atoms. The molecule has 0 aromatic heterocycles. The zero-order chi connectivity index (χ0) is 18.9. The second-order valence-corrected chi connectivity index (χ2v) is 5.59. The van der Waals surface area contributed by atoms with E-state index in [1.165, 1.54) is 24.8 Å². The Morgan fingerprint density at radius 3 is 2.38 bits per heavy atom. The van der Waals surface area contributed by atoms with E-state index in [9.17, 15) is 13.6 Å². The largest absolute Gasteiger partial charge is 0.493 e. The monoisotopic (exact) mass is 364 g/mol. The van der Waals surface area contributed by atoms with E-state index in [4.69, 9.17) is 4.74 Å². The summed E-state index contributed by atoms with van der Waals surface area (Å²) >= 11 is 0. The van der Waals surface area contributed by atoms with Crippen molar-refractivity contribution >= 4 is 17.3 Å². The Balaban J connectivity index is 1.92. The maximum absolute atomic E-state index is 12.4. The van der Waals surface area contributed by atoms with Gasteiger partial charge in [0, 0.05) is 17.4 Å². The zero-order valence-electron chi connectivity index (χ0n) is 14.7. The predicted octanol–water partition coefficient (Wildman–Crippen LogP) is 4.30. The SMILES string of the molecule is CCCc1ccc(NC(=O)CNc2ccc(OC)c(OC(F)F)c2)cc1. The highest BCUT2D eigenvalue weighted by Crippen LogP contribution is 2.31. The lowest BCUT2D eigenvalue weighted by atomic mass is 10.1. The zero-order valence-corrected chi connectivity index (χ0v) is 14.7. The van der Waals surface area contributed by atoms with Gasteiger partial charge in [0.05, 0.1) is 13.7 Å². The van der Waals surface area contributed by atoms with Gasteiger partial charge in [-0.05, 0) is 36.2 Å². The van der Waals surface area contributed by atoms with Crippen LogP contribution in [0.5, 0.6) is 11.5 Å². The van der Waals surface area contributed by atoms with E-state index in [-0.39, 0.29) is 24.0 Å². The number of anilines is 2. The van der Waals surface area contributed by atoms with Crippen LogP contribution < -0.4 is 20.1 Å². The van der Waals surface area contributed by atoms with E-state index in [0.717, 1.165) is 12.8 Å². The molecule has 1 amide bonds. The first-order valence-corrected chi connectivity index (χ1v) is 8.27. The molecule has 0 heterocycles. The first-order valence-electron chi connectivity index (χ1n) is 8.27. The summed E-state index contributed by atoms with van der Waals surface area (Å²) in [6.45, 7) is -0.867. The van der Waals surface area contributed by atoms with Gasteiger partial charge >= 0.3 is 6.61 Å². The van der Waals surface area contributed by atoms with E-state index in [1.54, 1.807) is 6.07 Å². The maximum atomic E-state index is 12.4. The summed E-state index contributed by atoms with van der Waals surface area (Å²) in [4.78, 5) is 12.0. The number of hydrogen-bond donors (Lipinski definition) is 2. The molecule has 0 spiro atoms. The Morgan fingerprint density at radius 2 is 1.77 bits per heavy atom. The van der Waals surface area contributed by atoms with Gasteiger partial charge in [0.15, 0.2) is 11.5 Å². The Hall–Kier alpha value is -2.83. The van der Waals surface area contributed by atoms with Crippen LogP contribution in [0, 0.1) is 0 Å². The minimum atomic E-state index is -2.96. The number of aryl methyl sites for hydroxylation is 1. The number of amides is 1. The first-order chi connectivity index (χ1) is 12.5. The summed E-state index contributed by atoms with van der Waals surface area (Å²) in [6, 6.07) is 12.1. The molecule has 0 unspecified atom stereocenters. The molecule has 26 heavy (non-hydrogen) atoms. The Kier molecular flexibility index (Phi) is 7.20. The molecule has 2 N–H and O–H groups in total. The minimum Gasteiger partial charge on any atom is -0.493 e. The molecule has 0 saturated heterocycles. The summed E-state index contributed by atoms with van der Waals surface area (Å²) in [6.07, 6.45) is 2.06. The fraction of sp³-hybridized carbons (Fsp3) is 0.316. The van der Waals surface area contributed by atoms with Crippen LogP contribution in [-0.4, -0.2) is 26.2 Å². The van der Waals surface area contributed by atoms with Crippen molar-refractivity contribution in [1.82, 2.24) is 0 Å². The van der Waals surface area contributed by atoms with E-state index >= 15 is 0 Å². The molecule has 2 aromatic carbocycles. The van der Waals surface area contributed by atoms with Crippen molar-refractivity contribution in [3.63, 3.8) is 0 Å². The van der Waals surface area contributed by atoms with Gasteiger partial charge in [0.1, 0.15) is 0 Å². The summed E-state index contributed by atoms with van der Waals surface area (Å²) in [5.41, 5.74) is 2.39. The summed E-state index contributed by atoms with van der Waals surface area (Å²) in [5, 5.41) is 5.64. The standard InChI is InChI=1S/C19H22F2N2O3/c1-3-4-13-5-7-14(8-6-13)23-18(24)12-22-15-9-10-16(25-2)17(11-15)26-19(20)21/h5-11,19,22H,3-4,12H2,1-2H3,(H,23,24). The average molecular weight is 364 g/mol. The van der Waals surface area contributed by atoms with Crippen molar-refractivity contribution in [3.05, 3.63) is 48.0 Å². The quantitative estimate of drug-likeness (QED) is 0.696. The number of ether oxygens (including phenoxy) is 2. The van der Waals surface area contributed by atoms with Crippen LogP contribution in [0.3, 0.4) is 0 Å². The highest BCUT2D eigenvalue weighted by Gasteiger charge is 2.12. The molecule has 140 valence electrons. The molecule has 0 aliphatic heterocycles. The normalized spacial score (nSPS) is 10.5. The summed E-state index contributed by atoms with van der Waals surface area (Å²) in [7, 11) is 1.36. The lowest BCUT2D eigenvalue weighted by Gasteiger charge is -2.13. The van der Waals surface area contributed by atoms with Crippen molar-refractivity contribution in [2.75, 3.05) is 24.3 Å². The van der Waals surface area contributed by atoms with Crippen molar-refractivity contribution in [2.24, 2.45) is 0 Å². The van der Waals surface area contributed by atoms with E-state index in [2.05, 4.69) is 22.3 Å². The highest BCUT2D eigenvalue weighted by molar-refractivity contribution is 5.93. The molecule has 0 aliphatic rings. The van der Waals surface area contributed by atoms with Gasteiger partial charge in [0.2, 0.25) is 5.91 Å². The van der Waals surface area contributed by atoms with Crippen molar-refractivity contribution < 1.29 is 23.0 Å². The van der Waals surface area contributed by atoms with Crippen molar-refractivity contribution in [1.29, 1.82) is 0 Å². The number of rotatable bonds is 9. The Bertz CT molecular complexity index is 721. The molecule has 7 heteroatoms. The summed E-state index contributed by atoms with van der Waals surface area (Å²) in [5.74, 6) is -0.160. The molecular formula is C19H22F2N2O3. The third-order valence-electron chi connectivity index (χ3n) is 3.61. The lowest BCUT2D eigenvalue weighted by Crippen LogP contribution is -2.21. The van der Waals surface area contributed by atoms with Crippen LogP contribution in [0.15, 0.2) is 42.5 Å². The molecule has 0 radical (unpaired) electrons. The molecule has 0 aliphatic carbocycles. The van der Waals surface area contributed by atoms with Gasteiger partial charge in [-0.3, -0.25) is 4.79 Å². The van der Waals surface area contributed by atoms with Gasteiger partial charge < -0.3 is 20.1 Å². The molecule has 0 saturated carbocycles. The molecule has 5 nitrogen and oxygen atoms in total. The van der Waals surface area contributed by atoms with Gasteiger partial charge in [-0.25, -0.2) is 0 Å². The Morgan fingerprint density at radius 1 is 1.08 bits per heavy atom. The van der Waals surface area contributed by atoms with Gasteiger partial charge in [-0.2, -0.15) is 8.78 Å². The van der Waals surface area contributed by atoms with Gasteiger partial charge in [-0.1, -0.05) is 25.5 Å². The predicted molar refractivity (Wildman–Crippen MR) is 97.2 cm³/mol. The van der Waals surface area contributed by atoms with E-state index in [1.807, 2.05) is 24.3 Å². The van der Waals surface area contributed by atoms with Crippen LogP contribution in [0.2, 0.25) is 0 Å². The van der Waals surface area contributed by atoms with Crippen molar-refractivity contribution in [2.45, 2.75) is 26.4 Å². The number of methoxy groups -OCH3 is 1. The molecule has 0 atom stereocenters. The van der Waals surface area contributed by atoms with E-state index in [0.29, 0.717) is 11.4 Å². The average Bonchev–Trinajstić information content (AvgIpc) is 2.61. The third kappa shape index (κ3) is 5.91. The topological polar surface area (TPSA) is 59.6 Å². The lowest BCUT2D eigenvalue weighted by molar-refractivity contribution is -0.114. The number of carbonyl (C=O) groups excluding carboxylic acids is 1. The molecule has 2 aromatic rings. The van der Waals surface area contributed by atoms with Gasteiger partial charge in [0.25, 0.3) is 0 Å². The Labute approximate surface area is 151 Å². The van der Waals surface area contributed by atoms with Crippen molar-refractivity contribution in [3.8, 4) is 11.5 Å². The first kappa shape index (κ1) is 19.5. The third-order valence-corrected chi connectivity index (χ3v) is 3.61. The second-order valence-electron chi connectivity index (χ2n) is 5.59. The maximum Gasteiger partial charge on any atom is 0.387 e. The second kappa shape index (κ2) is 9.60. The van der Waals surface area contributed by atoms with Gasteiger partial charge in [-0.15, -0.1) is 0 Å². The summed E-state index contributed by atoms with van der Waals surface area (Å²) < 4.78 is 34.3. The number of hydrogen-bond acceptors (Lipinski definition) is 4. The molecule has 2 rings (SSSR count). The van der Waals surface area contributed by atoms with Crippen LogP contribution in [0.1, 0.15) is 18.9 Å². The number of benzene rings is 2. The highest BCUT2D eigenvalue weighted by atomic mass is 19.3. The number of alkyl halides is 2. The van der Waals surface area contributed by atoms with Crippen LogP contribution >= 0.6 is 0 Å². The number of carbonyl (C=O) groups is 1. The van der Waals surface area contributed by atoms with Crippen LogP contribution in [-0.2, 0) is 11.2 Å². The minimum absolute atomic E-state index is 0.0167. The van der Waals surface area contributed by atoms with E-state index < -0.39 is 6.61 Å². The smallest absolute Gasteiger partial charge is 0.387 e. The number of halogens is 2. The molecule has 0 fully saturated rings.